The molecule has 0 bridgehead atoms. The molecular formula is C21H21ClN2O2. The lowest BCUT2D eigenvalue weighted by Gasteiger charge is -2.17. The van der Waals surface area contributed by atoms with Gasteiger partial charge in [0.05, 0.1) is 0 Å². The molecule has 1 amide bonds. The van der Waals surface area contributed by atoms with Crippen LogP contribution in [0.3, 0.4) is 0 Å². The third-order valence-corrected chi connectivity index (χ3v) is 5.20. The van der Waals surface area contributed by atoms with Crippen LogP contribution in [0.25, 0.3) is 11.0 Å². The molecule has 1 fully saturated rings. The Bertz CT molecular complexity index is 958. The Morgan fingerprint density at radius 2 is 1.96 bits per heavy atom. The molecule has 134 valence electrons. The number of fused-ring (bicyclic) bond motifs is 1. The van der Waals surface area contributed by atoms with Crippen molar-refractivity contribution in [2.75, 3.05) is 18.4 Å². The van der Waals surface area contributed by atoms with Gasteiger partial charge in [-0.1, -0.05) is 29.8 Å². The van der Waals surface area contributed by atoms with Crippen molar-refractivity contribution >= 4 is 34.2 Å². The molecule has 4 rings (SSSR count). The molecule has 0 aliphatic carbocycles. The molecule has 3 aromatic rings. The number of nitrogens with zero attached hydrogens (tertiary/aromatic N) is 1. The first-order valence-corrected chi connectivity index (χ1v) is 9.30. The number of amides is 1. The average Bonchev–Trinajstić information content (AvgIpc) is 3.25. The van der Waals surface area contributed by atoms with Crippen molar-refractivity contribution in [1.29, 1.82) is 0 Å². The number of nitrogens with one attached hydrogen (secondary N) is 1. The van der Waals surface area contributed by atoms with Crippen LogP contribution in [0.5, 0.6) is 0 Å². The minimum atomic E-state index is -0.233. The van der Waals surface area contributed by atoms with Gasteiger partial charge in [0.15, 0.2) is 5.76 Å². The van der Waals surface area contributed by atoms with E-state index in [-0.39, 0.29) is 5.91 Å². The minimum absolute atomic E-state index is 0.233. The lowest BCUT2D eigenvalue weighted by molar-refractivity contribution is 0.0997. The maximum absolute atomic E-state index is 12.8. The van der Waals surface area contributed by atoms with E-state index in [2.05, 4.69) is 16.3 Å². The number of aryl methyl sites for hydroxylation is 1. The Labute approximate surface area is 157 Å². The topological polar surface area (TPSA) is 45.5 Å². The first kappa shape index (κ1) is 17.1. The van der Waals surface area contributed by atoms with Crippen LogP contribution < -0.4 is 5.32 Å². The van der Waals surface area contributed by atoms with Crippen molar-refractivity contribution in [2.24, 2.45) is 0 Å². The second-order valence-corrected chi connectivity index (χ2v) is 7.23. The molecule has 0 spiro atoms. The number of para-hydroxylation sites is 1. The van der Waals surface area contributed by atoms with Crippen LogP contribution >= 0.6 is 11.6 Å². The molecule has 26 heavy (non-hydrogen) atoms. The normalized spacial score (nSPS) is 14.8. The molecule has 0 atom stereocenters. The fourth-order valence-electron chi connectivity index (χ4n) is 3.55. The number of anilines is 1. The highest BCUT2D eigenvalue weighted by atomic mass is 35.5. The fraction of sp³-hybridized carbons (Fsp3) is 0.286. The Kier molecular flexibility index (Phi) is 4.70. The molecule has 5 heteroatoms. The number of hydrogen-bond acceptors (Lipinski definition) is 3. The maximum Gasteiger partial charge on any atom is 0.291 e. The van der Waals surface area contributed by atoms with Crippen molar-refractivity contribution in [2.45, 2.75) is 26.3 Å². The van der Waals surface area contributed by atoms with Gasteiger partial charge in [-0.3, -0.25) is 9.69 Å². The summed E-state index contributed by atoms with van der Waals surface area (Å²) in [6.07, 6.45) is 2.49. The van der Waals surface area contributed by atoms with E-state index in [1.54, 1.807) is 12.1 Å². The minimum Gasteiger partial charge on any atom is -0.451 e. The van der Waals surface area contributed by atoms with E-state index in [4.69, 9.17) is 16.0 Å². The van der Waals surface area contributed by atoms with Crippen molar-refractivity contribution in [1.82, 2.24) is 4.90 Å². The summed E-state index contributed by atoms with van der Waals surface area (Å²) in [5.41, 5.74) is 3.43. The van der Waals surface area contributed by atoms with E-state index in [0.29, 0.717) is 16.4 Å². The molecule has 1 N–H and O–H groups in total. The molecule has 2 heterocycles. The molecule has 1 aromatic heterocycles. The molecule has 4 nitrogen and oxygen atoms in total. The van der Waals surface area contributed by atoms with Gasteiger partial charge < -0.3 is 9.73 Å². The number of rotatable bonds is 4. The summed E-state index contributed by atoms with van der Waals surface area (Å²) >= 11 is 6.06. The van der Waals surface area contributed by atoms with E-state index in [1.165, 1.54) is 12.8 Å². The quantitative estimate of drug-likeness (QED) is 0.684. The molecule has 1 aliphatic heterocycles. The lowest BCUT2D eigenvalue weighted by Crippen LogP contribution is -2.20. The second kappa shape index (κ2) is 7.14. The Morgan fingerprint density at radius 1 is 1.19 bits per heavy atom. The molecule has 0 radical (unpaired) electrons. The number of likely N-dealkylation sites (tertiary alicyclic amines) is 1. The van der Waals surface area contributed by atoms with Crippen molar-refractivity contribution in [3.63, 3.8) is 0 Å². The van der Waals surface area contributed by atoms with E-state index >= 15 is 0 Å². The van der Waals surface area contributed by atoms with Crippen LogP contribution in [0.4, 0.5) is 5.69 Å². The van der Waals surface area contributed by atoms with Crippen molar-refractivity contribution in [3.8, 4) is 0 Å². The van der Waals surface area contributed by atoms with Gasteiger partial charge in [-0.25, -0.2) is 0 Å². The first-order valence-electron chi connectivity index (χ1n) is 8.92. The summed E-state index contributed by atoms with van der Waals surface area (Å²) in [6, 6.07) is 13.3. The van der Waals surface area contributed by atoms with E-state index in [9.17, 15) is 4.79 Å². The SMILES string of the molecule is Cc1c(C(=O)Nc2ccccc2CN2CCCC2)oc2ccc(Cl)cc12. The Balaban J connectivity index is 1.59. The number of carbonyl (C=O) groups is 1. The van der Waals surface area contributed by atoms with Crippen LogP contribution in [0, 0.1) is 6.92 Å². The summed E-state index contributed by atoms with van der Waals surface area (Å²) in [5, 5.41) is 4.52. The van der Waals surface area contributed by atoms with Gasteiger partial charge >= 0.3 is 0 Å². The van der Waals surface area contributed by atoms with Crippen LogP contribution in [0.1, 0.15) is 34.5 Å². The van der Waals surface area contributed by atoms with Crippen LogP contribution in [-0.4, -0.2) is 23.9 Å². The Hall–Kier alpha value is -2.30. The smallest absolute Gasteiger partial charge is 0.291 e. The molecular weight excluding hydrogens is 348 g/mol. The van der Waals surface area contributed by atoms with Gasteiger partial charge in [0.1, 0.15) is 5.58 Å². The largest absolute Gasteiger partial charge is 0.451 e. The number of carbonyl (C=O) groups excluding carboxylic acids is 1. The zero-order valence-corrected chi connectivity index (χ0v) is 15.5. The average molecular weight is 369 g/mol. The second-order valence-electron chi connectivity index (χ2n) is 6.79. The molecule has 2 aromatic carbocycles. The highest BCUT2D eigenvalue weighted by Gasteiger charge is 2.20. The third-order valence-electron chi connectivity index (χ3n) is 4.96. The third kappa shape index (κ3) is 3.35. The first-order chi connectivity index (χ1) is 12.6. The van der Waals surface area contributed by atoms with E-state index in [1.807, 2.05) is 31.2 Å². The predicted octanol–water partition coefficient (Wildman–Crippen LogP) is 5.24. The molecule has 0 unspecified atom stereocenters. The number of benzene rings is 2. The summed E-state index contributed by atoms with van der Waals surface area (Å²) in [6.45, 7) is 4.97. The Morgan fingerprint density at radius 3 is 2.77 bits per heavy atom. The van der Waals surface area contributed by atoms with Gasteiger partial charge in [0, 0.05) is 28.2 Å². The van der Waals surface area contributed by atoms with Crippen LogP contribution in [0.15, 0.2) is 46.9 Å². The molecule has 0 saturated carbocycles. The van der Waals surface area contributed by atoms with Crippen LogP contribution in [-0.2, 0) is 6.54 Å². The van der Waals surface area contributed by atoms with Crippen molar-refractivity contribution in [3.05, 3.63) is 64.4 Å². The summed E-state index contributed by atoms with van der Waals surface area (Å²) in [5.74, 6) is 0.0990. The monoisotopic (exact) mass is 368 g/mol. The zero-order valence-electron chi connectivity index (χ0n) is 14.7. The van der Waals surface area contributed by atoms with Gasteiger partial charge in [0.25, 0.3) is 5.91 Å². The number of furan rings is 1. The standard InChI is InChI=1S/C21H21ClN2O2/c1-14-17-12-16(22)8-9-19(17)26-20(14)21(25)23-18-7-3-2-6-15(18)13-24-10-4-5-11-24/h2-3,6-9,12H,4-5,10-11,13H2,1H3,(H,23,25). The highest BCUT2D eigenvalue weighted by Crippen LogP contribution is 2.29. The lowest BCUT2D eigenvalue weighted by atomic mass is 10.1. The zero-order chi connectivity index (χ0) is 18.1. The van der Waals surface area contributed by atoms with E-state index in [0.717, 1.165) is 41.8 Å². The molecule has 1 aliphatic rings. The van der Waals surface area contributed by atoms with E-state index < -0.39 is 0 Å². The summed E-state index contributed by atoms with van der Waals surface area (Å²) in [4.78, 5) is 15.2. The summed E-state index contributed by atoms with van der Waals surface area (Å²) in [7, 11) is 0. The maximum atomic E-state index is 12.8. The molecule has 1 saturated heterocycles. The fourth-order valence-corrected chi connectivity index (χ4v) is 3.72. The van der Waals surface area contributed by atoms with Crippen molar-refractivity contribution < 1.29 is 9.21 Å². The van der Waals surface area contributed by atoms with Gasteiger partial charge in [-0.05, 0) is 62.7 Å². The number of hydrogen-bond donors (Lipinski definition) is 1. The summed E-state index contributed by atoms with van der Waals surface area (Å²) < 4.78 is 5.78. The predicted molar refractivity (Wildman–Crippen MR) is 105 cm³/mol. The highest BCUT2D eigenvalue weighted by molar-refractivity contribution is 6.31. The van der Waals surface area contributed by atoms with Crippen LogP contribution in [0.2, 0.25) is 5.02 Å². The van der Waals surface area contributed by atoms with Gasteiger partial charge in [-0.15, -0.1) is 0 Å². The van der Waals surface area contributed by atoms with Gasteiger partial charge in [0.2, 0.25) is 0 Å². The number of halogens is 1. The van der Waals surface area contributed by atoms with Gasteiger partial charge in [-0.2, -0.15) is 0 Å².